The lowest BCUT2D eigenvalue weighted by Gasteiger charge is -2.25. The van der Waals surface area contributed by atoms with Crippen molar-refractivity contribution in [2.75, 3.05) is 32.8 Å². The number of carbonyl (C=O) groups is 2. The predicted octanol–water partition coefficient (Wildman–Crippen LogP) is 0.636. The van der Waals surface area contributed by atoms with Gasteiger partial charge in [0.2, 0.25) is 11.8 Å². The van der Waals surface area contributed by atoms with E-state index >= 15 is 0 Å². The van der Waals surface area contributed by atoms with Crippen LogP contribution < -0.4 is 0 Å². The molecule has 0 aromatic heterocycles. The smallest absolute Gasteiger partial charge is 0.245 e. The lowest BCUT2D eigenvalue weighted by atomic mass is 10.2. The normalized spacial score (nSPS) is 24.4. The molecule has 0 radical (unpaired) electrons. The van der Waals surface area contributed by atoms with Crippen molar-refractivity contribution in [3.05, 3.63) is 0 Å². The second-order valence-electron chi connectivity index (χ2n) is 4.87. The number of ether oxygens (including phenoxy) is 1. The van der Waals surface area contributed by atoms with Gasteiger partial charge in [-0.1, -0.05) is 0 Å². The third kappa shape index (κ3) is 2.83. The van der Waals surface area contributed by atoms with Gasteiger partial charge in [0.1, 0.15) is 6.04 Å². The van der Waals surface area contributed by atoms with Crippen LogP contribution in [-0.2, 0) is 14.3 Å². The molecule has 0 bridgehead atoms. The zero-order valence-corrected chi connectivity index (χ0v) is 11.1. The molecule has 5 heteroatoms. The lowest BCUT2D eigenvalue weighted by Crippen LogP contribution is -2.44. The van der Waals surface area contributed by atoms with E-state index in [2.05, 4.69) is 0 Å². The first-order valence-corrected chi connectivity index (χ1v) is 6.90. The fraction of sp³-hybridized carbons (Fsp3) is 0.846. The first kappa shape index (κ1) is 13.3. The largest absolute Gasteiger partial charge is 0.382 e. The number of hydrogen-bond acceptors (Lipinski definition) is 3. The molecule has 0 N–H and O–H groups in total. The van der Waals surface area contributed by atoms with Crippen molar-refractivity contribution in [3.8, 4) is 0 Å². The van der Waals surface area contributed by atoms with Gasteiger partial charge in [-0.25, -0.2) is 0 Å². The molecular formula is C13H22N2O3. The van der Waals surface area contributed by atoms with Gasteiger partial charge in [0.05, 0.1) is 0 Å². The maximum absolute atomic E-state index is 12.3. The van der Waals surface area contributed by atoms with Gasteiger partial charge in [0, 0.05) is 39.3 Å². The van der Waals surface area contributed by atoms with Crippen molar-refractivity contribution >= 4 is 11.8 Å². The molecule has 0 spiro atoms. The minimum Gasteiger partial charge on any atom is -0.382 e. The highest BCUT2D eigenvalue weighted by Gasteiger charge is 2.38. The van der Waals surface area contributed by atoms with Gasteiger partial charge in [-0.2, -0.15) is 0 Å². The van der Waals surface area contributed by atoms with Crippen LogP contribution in [0.3, 0.4) is 0 Å². The molecule has 0 saturated carbocycles. The Morgan fingerprint density at radius 3 is 2.94 bits per heavy atom. The molecule has 2 saturated heterocycles. The second-order valence-corrected chi connectivity index (χ2v) is 4.87. The van der Waals surface area contributed by atoms with Crippen LogP contribution in [0.15, 0.2) is 0 Å². The Kier molecular flexibility index (Phi) is 4.58. The van der Waals surface area contributed by atoms with E-state index in [1.54, 1.807) is 4.90 Å². The molecule has 1 unspecified atom stereocenters. The molecule has 5 nitrogen and oxygen atoms in total. The first-order valence-electron chi connectivity index (χ1n) is 6.90. The maximum Gasteiger partial charge on any atom is 0.245 e. The molecule has 0 aliphatic carbocycles. The Morgan fingerprint density at radius 1 is 1.33 bits per heavy atom. The third-order valence-electron chi connectivity index (χ3n) is 3.69. The van der Waals surface area contributed by atoms with Gasteiger partial charge < -0.3 is 14.5 Å². The van der Waals surface area contributed by atoms with Crippen molar-refractivity contribution in [1.29, 1.82) is 0 Å². The quantitative estimate of drug-likeness (QED) is 0.676. The summed E-state index contributed by atoms with van der Waals surface area (Å²) in [4.78, 5) is 27.8. The summed E-state index contributed by atoms with van der Waals surface area (Å²) in [5, 5.41) is 0. The summed E-state index contributed by atoms with van der Waals surface area (Å²) in [6.45, 7) is 5.38. The molecule has 1 atom stereocenters. The van der Waals surface area contributed by atoms with Crippen molar-refractivity contribution in [2.45, 2.75) is 38.6 Å². The van der Waals surface area contributed by atoms with Gasteiger partial charge in [-0.3, -0.25) is 9.59 Å². The molecular weight excluding hydrogens is 232 g/mol. The summed E-state index contributed by atoms with van der Waals surface area (Å²) >= 11 is 0. The number of fused-ring (bicyclic) bond motifs is 1. The molecule has 2 heterocycles. The number of rotatable bonds is 5. The van der Waals surface area contributed by atoms with Crippen LogP contribution in [0.5, 0.6) is 0 Å². The first-order chi connectivity index (χ1) is 8.74. The molecule has 2 aliphatic rings. The maximum atomic E-state index is 12.3. The highest BCUT2D eigenvalue weighted by Crippen LogP contribution is 2.23. The van der Waals surface area contributed by atoms with Crippen molar-refractivity contribution in [1.82, 2.24) is 9.80 Å². The van der Waals surface area contributed by atoms with Crippen LogP contribution in [0.2, 0.25) is 0 Å². The summed E-state index contributed by atoms with van der Waals surface area (Å²) in [6.07, 6.45) is 3.10. The van der Waals surface area contributed by atoms with E-state index in [0.717, 1.165) is 25.8 Å². The number of hydrogen-bond donors (Lipinski definition) is 0. The minimum absolute atomic E-state index is 0.134. The predicted molar refractivity (Wildman–Crippen MR) is 67.0 cm³/mol. The van der Waals surface area contributed by atoms with Gasteiger partial charge in [-0.05, 0) is 26.2 Å². The van der Waals surface area contributed by atoms with Gasteiger partial charge >= 0.3 is 0 Å². The van der Waals surface area contributed by atoms with E-state index in [-0.39, 0.29) is 17.9 Å². The fourth-order valence-electron chi connectivity index (χ4n) is 2.74. The molecule has 2 rings (SSSR count). The molecule has 18 heavy (non-hydrogen) atoms. The number of carbonyl (C=O) groups excluding carboxylic acids is 2. The van der Waals surface area contributed by atoms with Crippen LogP contribution in [0.25, 0.3) is 0 Å². The molecule has 2 fully saturated rings. The highest BCUT2D eigenvalue weighted by molar-refractivity contribution is 5.90. The number of nitrogens with zero attached hydrogens (tertiary/aromatic N) is 2. The molecule has 102 valence electrons. The van der Waals surface area contributed by atoms with Crippen molar-refractivity contribution in [2.24, 2.45) is 0 Å². The second kappa shape index (κ2) is 6.18. The summed E-state index contributed by atoms with van der Waals surface area (Å²) < 4.78 is 5.28. The third-order valence-corrected chi connectivity index (χ3v) is 3.69. The molecule has 2 aliphatic heterocycles. The van der Waals surface area contributed by atoms with Crippen molar-refractivity contribution in [3.63, 3.8) is 0 Å². The van der Waals surface area contributed by atoms with Crippen LogP contribution in [0, 0.1) is 0 Å². The van der Waals surface area contributed by atoms with E-state index in [1.807, 2.05) is 11.8 Å². The summed E-state index contributed by atoms with van der Waals surface area (Å²) in [7, 11) is 0. The van der Waals surface area contributed by atoms with E-state index in [9.17, 15) is 9.59 Å². The average Bonchev–Trinajstić information content (AvgIpc) is 2.82. The van der Waals surface area contributed by atoms with Gasteiger partial charge in [-0.15, -0.1) is 0 Å². The Balaban J connectivity index is 1.91. The zero-order chi connectivity index (χ0) is 13.0. The number of amides is 2. The fourth-order valence-corrected chi connectivity index (χ4v) is 2.74. The summed E-state index contributed by atoms with van der Waals surface area (Å²) in [5.41, 5.74) is 0. The Bertz CT molecular complexity index is 319. The van der Waals surface area contributed by atoms with Crippen LogP contribution in [0.4, 0.5) is 0 Å². The van der Waals surface area contributed by atoms with E-state index in [0.29, 0.717) is 32.7 Å². The Labute approximate surface area is 108 Å². The summed E-state index contributed by atoms with van der Waals surface area (Å²) in [6, 6.07) is -0.188. The molecule has 0 aromatic carbocycles. The topological polar surface area (TPSA) is 49.9 Å². The van der Waals surface area contributed by atoms with Gasteiger partial charge in [0.15, 0.2) is 0 Å². The van der Waals surface area contributed by atoms with Crippen molar-refractivity contribution < 1.29 is 14.3 Å². The molecule has 2 amide bonds. The highest BCUT2D eigenvalue weighted by atomic mass is 16.5. The van der Waals surface area contributed by atoms with E-state index in [1.165, 1.54) is 0 Å². The Hall–Kier alpha value is -1.10. The zero-order valence-electron chi connectivity index (χ0n) is 11.1. The van der Waals surface area contributed by atoms with Gasteiger partial charge in [0.25, 0.3) is 0 Å². The van der Waals surface area contributed by atoms with E-state index < -0.39 is 0 Å². The average molecular weight is 254 g/mol. The standard InChI is InChI=1S/C13H22N2O3/c1-2-18-10-4-7-14-9-6-12(16)15-8-3-5-11(15)13(14)17/h11H,2-10H2,1H3. The van der Waals surface area contributed by atoms with E-state index in [4.69, 9.17) is 4.74 Å². The minimum atomic E-state index is -0.188. The molecule has 0 aromatic rings. The van der Waals surface area contributed by atoms with Crippen LogP contribution in [0.1, 0.15) is 32.6 Å². The SMILES string of the molecule is CCOCCCN1CCC(=O)N2CCCC2C1=O. The monoisotopic (exact) mass is 254 g/mol. The van der Waals surface area contributed by atoms with Crippen LogP contribution in [-0.4, -0.2) is 60.5 Å². The summed E-state index contributed by atoms with van der Waals surface area (Å²) in [5.74, 6) is 0.271. The van der Waals surface area contributed by atoms with Crippen LogP contribution >= 0.6 is 0 Å². The lowest BCUT2D eigenvalue weighted by molar-refractivity contribution is -0.139. The Morgan fingerprint density at radius 2 is 2.17 bits per heavy atom.